The lowest BCUT2D eigenvalue weighted by Crippen LogP contribution is -2.39. The highest BCUT2D eigenvalue weighted by Gasteiger charge is 2.58. The Morgan fingerprint density at radius 2 is 1.70 bits per heavy atom. The van der Waals surface area contributed by atoms with Gasteiger partial charge in [-0.15, -0.1) is 0 Å². The zero-order chi connectivity index (χ0) is 34.6. The van der Waals surface area contributed by atoms with E-state index in [0.717, 1.165) is 31.1 Å². The van der Waals surface area contributed by atoms with Crippen LogP contribution in [-0.4, -0.2) is 84.5 Å². The fourth-order valence-electron chi connectivity index (χ4n) is 4.81. The Kier molecular flexibility index (Phi) is 15.0. The van der Waals surface area contributed by atoms with Gasteiger partial charge in [0.1, 0.15) is 0 Å². The van der Waals surface area contributed by atoms with Gasteiger partial charge in [-0.2, -0.15) is 8.78 Å². The fourth-order valence-corrected chi connectivity index (χ4v) is 7.06. The second kappa shape index (κ2) is 17.4. The molecule has 0 bridgehead atoms. The van der Waals surface area contributed by atoms with Gasteiger partial charge in [-0.25, -0.2) is 4.79 Å². The number of likely N-dealkylation sites (tertiary alicyclic amines) is 1. The first kappa shape index (κ1) is 39.5. The number of unbranched alkanes of at least 4 members (excludes halogenated alkanes) is 3. The summed E-state index contributed by atoms with van der Waals surface area (Å²) in [7, 11) is -11.4. The lowest BCUT2D eigenvalue weighted by atomic mass is 10.0. The molecule has 1 aromatic rings. The maximum Gasteiger partial charge on any atom is 0.407 e. The number of carbonyl (C=O) groups is 3. The number of hydrogen-bond donors (Lipinski definition) is 6. The third-order valence-corrected chi connectivity index (χ3v) is 11.2. The van der Waals surface area contributed by atoms with E-state index in [1.807, 2.05) is 0 Å². The summed E-state index contributed by atoms with van der Waals surface area (Å²) in [4.78, 5) is 74.9. The van der Waals surface area contributed by atoms with Crippen molar-refractivity contribution in [2.45, 2.75) is 87.9 Å². The van der Waals surface area contributed by atoms with Gasteiger partial charge in [0, 0.05) is 37.9 Å². The van der Waals surface area contributed by atoms with Crippen LogP contribution in [-0.2, 0) is 34.1 Å². The van der Waals surface area contributed by atoms with E-state index in [9.17, 15) is 48.2 Å². The molecule has 0 saturated carbocycles. The topological polar surface area (TPSA) is 220 Å². The van der Waals surface area contributed by atoms with Crippen LogP contribution in [0.25, 0.3) is 0 Å². The zero-order valence-electron chi connectivity index (χ0n) is 25.4. The minimum Gasteiger partial charge on any atom is -0.466 e. The molecule has 0 spiro atoms. The van der Waals surface area contributed by atoms with E-state index in [1.54, 1.807) is 11.8 Å². The standard InChI is InChI=1S/C28H42F2N2O12P2/c1-2-43-25(34)13-8-3-4-9-20-32-22(15-17-24(32)33)14-16-23(28(29,30)21-11-6-5-7-12-21)44-26(35)31-19-10-18-27(36,45(37,38)39)46(40,41)42/h5-7,11-12,14,16,22-23,36H,2-4,8-10,13,15,17-20H2,1H3,(H,31,35)(H2,37,38,39)(H2,40,41,42)/t22-,23+/m0/s1. The molecular weight excluding hydrogens is 656 g/mol. The summed E-state index contributed by atoms with van der Waals surface area (Å²) < 4.78 is 64.1. The number of aliphatic hydroxyl groups is 1. The number of alkyl carbamates (subject to hydrolysis) is 1. The number of nitrogens with zero attached hydrogens (tertiary/aromatic N) is 1. The van der Waals surface area contributed by atoms with Crippen molar-refractivity contribution in [1.82, 2.24) is 10.2 Å². The Morgan fingerprint density at radius 1 is 1.07 bits per heavy atom. The lowest BCUT2D eigenvalue weighted by molar-refractivity contribution is -0.143. The number of esters is 1. The first-order valence-corrected chi connectivity index (χ1v) is 18.0. The molecule has 0 radical (unpaired) electrons. The number of ether oxygens (including phenoxy) is 2. The van der Waals surface area contributed by atoms with Gasteiger partial charge in [-0.1, -0.05) is 49.2 Å². The average Bonchev–Trinajstić information content (AvgIpc) is 3.33. The van der Waals surface area contributed by atoms with Crippen molar-refractivity contribution in [2.24, 2.45) is 0 Å². The first-order chi connectivity index (χ1) is 21.4. The molecule has 0 aromatic heterocycles. The van der Waals surface area contributed by atoms with Crippen molar-refractivity contribution in [3.63, 3.8) is 0 Å². The quantitative estimate of drug-likeness (QED) is 0.0527. The molecule has 46 heavy (non-hydrogen) atoms. The van der Waals surface area contributed by atoms with Gasteiger partial charge in [-0.3, -0.25) is 18.7 Å². The third-order valence-electron chi connectivity index (χ3n) is 7.36. The Labute approximate surface area is 265 Å². The number of alkyl halides is 2. The molecule has 1 fully saturated rings. The van der Waals surface area contributed by atoms with Crippen molar-refractivity contribution in [3.8, 4) is 0 Å². The SMILES string of the molecule is CCOC(=O)CCCCCCN1C(=O)CC[C@@H]1C=C[C@@H](OC(=O)NCCCC(O)(P(=O)(O)O)P(=O)(O)O)C(F)(F)c1ccccc1. The van der Waals surface area contributed by atoms with E-state index < -0.39 is 69.4 Å². The van der Waals surface area contributed by atoms with Gasteiger partial charge in [0.2, 0.25) is 5.91 Å². The number of rotatable bonds is 19. The molecule has 2 atom stereocenters. The van der Waals surface area contributed by atoms with Gasteiger partial charge < -0.3 is 44.4 Å². The highest BCUT2D eigenvalue weighted by atomic mass is 31.2. The third kappa shape index (κ3) is 11.2. The van der Waals surface area contributed by atoms with Crippen LogP contribution in [0.3, 0.4) is 0 Å². The predicted octanol–water partition coefficient (Wildman–Crippen LogP) is 3.72. The van der Waals surface area contributed by atoms with E-state index in [4.69, 9.17) is 9.47 Å². The van der Waals surface area contributed by atoms with Gasteiger partial charge in [0.15, 0.2) is 6.10 Å². The lowest BCUT2D eigenvalue weighted by Gasteiger charge is -2.29. The van der Waals surface area contributed by atoms with Gasteiger partial charge in [0.25, 0.3) is 5.08 Å². The normalized spacial score (nSPS) is 16.9. The van der Waals surface area contributed by atoms with Crippen molar-refractivity contribution in [3.05, 3.63) is 48.0 Å². The maximum atomic E-state index is 15.6. The molecule has 18 heteroatoms. The van der Waals surface area contributed by atoms with E-state index in [-0.39, 0.29) is 18.3 Å². The summed E-state index contributed by atoms with van der Waals surface area (Å²) in [5.41, 5.74) is -0.465. The molecule has 6 N–H and O–H groups in total. The summed E-state index contributed by atoms with van der Waals surface area (Å²) in [6, 6.07) is 6.01. The second-order valence-corrected chi connectivity index (χ2v) is 14.8. The summed E-state index contributed by atoms with van der Waals surface area (Å²) >= 11 is 0. The minimum absolute atomic E-state index is 0.156. The highest BCUT2D eigenvalue weighted by Crippen LogP contribution is 2.69. The summed E-state index contributed by atoms with van der Waals surface area (Å²) in [6.45, 7) is 1.86. The van der Waals surface area contributed by atoms with Gasteiger partial charge >= 0.3 is 33.2 Å². The molecule has 1 aliphatic heterocycles. The van der Waals surface area contributed by atoms with E-state index in [0.29, 0.717) is 38.8 Å². The molecule has 1 aromatic carbocycles. The molecule has 1 saturated heterocycles. The monoisotopic (exact) mass is 698 g/mol. The molecule has 0 aliphatic carbocycles. The van der Waals surface area contributed by atoms with Crippen LogP contribution in [0.15, 0.2) is 42.5 Å². The number of benzene rings is 1. The van der Waals surface area contributed by atoms with E-state index >= 15 is 8.78 Å². The van der Waals surface area contributed by atoms with Crippen LogP contribution < -0.4 is 5.32 Å². The molecule has 260 valence electrons. The smallest absolute Gasteiger partial charge is 0.407 e. The van der Waals surface area contributed by atoms with E-state index in [2.05, 4.69) is 5.32 Å². The van der Waals surface area contributed by atoms with Crippen LogP contribution in [0.1, 0.15) is 70.3 Å². The Hall–Kier alpha value is -2.71. The molecule has 1 heterocycles. The second-order valence-electron chi connectivity index (χ2n) is 10.8. The molecular formula is C28H42F2N2O12P2. The Balaban J connectivity index is 2.07. The summed E-state index contributed by atoms with van der Waals surface area (Å²) in [5, 5.41) is 8.33. The van der Waals surface area contributed by atoms with Gasteiger partial charge in [0.05, 0.1) is 12.6 Å². The fraction of sp³-hybridized carbons (Fsp3) is 0.607. The van der Waals surface area contributed by atoms with Crippen LogP contribution in [0.5, 0.6) is 0 Å². The Morgan fingerprint density at radius 3 is 2.30 bits per heavy atom. The molecule has 1 aliphatic rings. The van der Waals surface area contributed by atoms with Crippen molar-refractivity contribution < 1.29 is 66.4 Å². The minimum atomic E-state index is -5.70. The molecule has 2 amide bonds. The molecule has 0 unspecified atom stereocenters. The van der Waals surface area contributed by atoms with Gasteiger partial charge in [-0.05, 0) is 38.7 Å². The van der Waals surface area contributed by atoms with Crippen LogP contribution in [0, 0.1) is 0 Å². The first-order valence-electron chi connectivity index (χ1n) is 14.8. The number of carbonyl (C=O) groups excluding carboxylic acids is 3. The van der Waals surface area contributed by atoms with E-state index in [1.165, 1.54) is 24.3 Å². The maximum absolute atomic E-state index is 15.6. The molecule has 2 rings (SSSR count). The van der Waals surface area contributed by atoms with Crippen molar-refractivity contribution in [2.75, 3.05) is 19.7 Å². The van der Waals surface area contributed by atoms with Crippen molar-refractivity contribution in [1.29, 1.82) is 0 Å². The number of amides is 2. The predicted molar refractivity (Wildman–Crippen MR) is 160 cm³/mol. The number of hydrogen-bond acceptors (Lipinski definition) is 8. The largest absolute Gasteiger partial charge is 0.466 e. The summed E-state index contributed by atoms with van der Waals surface area (Å²) in [5.74, 6) is -4.16. The number of halogens is 2. The number of nitrogens with one attached hydrogen (secondary N) is 1. The highest BCUT2D eigenvalue weighted by molar-refractivity contribution is 7.72. The molecule has 14 nitrogen and oxygen atoms in total. The van der Waals surface area contributed by atoms with Crippen LogP contribution in [0.2, 0.25) is 0 Å². The average molecular weight is 699 g/mol. The van der Waals surface area contributed by atoms with Crippen LogP contribution >= 0.6 is 15.2 Å². The Bertz CT molecular complexity index is 1270. The zero-order valence-corrected chi connectivity index (χ0v) is 27.2. The summed E-state index contributed by atoms with van der Waals surface area (Å²) in [6.07, 6.45) is 0.761. The van der Waals surface area contributed by atoms with Crippen LogP contribution in [0.4, 0.5) is 13.6 Å². The van der Waals surface area contributed by atoms with Crippen molar-refractivity contribution >= 4 is 33.2 Å².